The fourth-order valence-corrected chi connectivity index (χ4v) is 4.20. The minimum atomic E-state index is -0.858. The molecule has 1 fully saturated rings. The summed E-state index contributed by atoms with van der Waals surface area (Å²) < 4.78 is 11.3. The van der Waals surface area contributed by atoms with Crippen molar-refractivity contribution in [1.29, 1.82) is 0 Å². The number of hydrogen-bond donors (Lipinski definition) is 1. The topological polar surface area (TPSA) is 76.1 Å². The summed E-state index contributed by atoms with van der Waals surface area (Å²) in [5.41, 5.74) is 1.52. The SMILES string of the molecule is CCOc1cccc(C2/C(=C(/O)c3ccc(OC(C)C)cc3)C(=O)C(=O)N2c2ccc(Cl)cc2)c1. The summed E-state index contributed by atoms with van der Waals surface area (Å²) >= 11 is 6.05. The van der Waals surface area contributed by atoms with Crippen LogP contribution in [0.5, 0.6) is 11.5 Å². The summed E-state index contributed by atoms with van der Waals surface area (Å²) in [5, 5.41) is 11.8. The van der Waals surface area contributed by atoms with Gasteiger partial charge in [0.05, 0.1) is 24.3 Å². The van der Waals surface area contributed by atoms with Crippen LogP contribution >= 0.6 is 11.6 Å². The van der Waals surface area contributed by atoms with Crippen molar-refractivity contribution in [3.05, 3.63) is 94.5 Å². The van der Waals surface area contributed by atoms with E-state index in [-0.39, 0.29) is 17.4 Å². The van der Waals surface area contributed by atoms with Crippen molar-refractivity contribution in [3.63, 3.8) is 0 Å². The molecule has 0 bridgehead atoms. The molecule has 1 aliphatic rings. The first-order valence-electron chi connectivity index (χ1n) is 11.4. The number of Topliss-reactive ketones (excluding diaryl/α,β-unsaturated/α-hetero) is 1. The predicted octanol–water partition coefficient (Wildman–Crippen LogP) is 6.15. The Bertz CT molecular complexity index is 1270. The van der Waals surface area contributed by atoms with Crippen molar-refractivity contribution >= 4 is 34.7 Å². The van der Waals surface area contributed by atoms with Gasteiger partial charge in [0.15, 0.2) is 0 Å². The molecule has 6 nitrogen and oxygen atoms in total. The van der Waals surface area contributed by atoms with E-state index >= 15 is 0 Å². The molecule has 35 heavy (non-hydrogen) atoms. The van der Waals surface area contributed by atoms with Crippen LogP contribution in [-0.4, -0.2) is 29.5 Å². The Kier molecular flexibility index (Phi) is 7.12. The second kappa shape index (κ2) is 10.2. The molecule has 4 rings (SSSR count). The molecule has 1 heterocycles. The van der Waals surface area contributed by atoms with E-state index in [9.17, 15) is 14.7 Å². The van der Waals surface area contributed by atoms with Crippen LogP contribution in [0, 0.1) is 0 Å². The number of amides is 1. The molecule has 1 aliphatic heterocycles. The molecule has 0 radical (unpaired) electrons. The number of aliphatic hydroxyl groups is 1. The Morgan fingerprint density at radius 3 is 2.31 bits per heavy atom. The molecule has 1 atom stereocenters. The van der Waals surface area contributed by atoms with Gasteiger partial charge >= 0.3 is 0 Å². The number of benzene rings is 3. The van der Waals surface area contributed by atoms with E-state index in [0.717, 1.165) is 0 Å². The lowest BCUT2D eigenvalue weighted by atomic mass is 9.95. The third-order valence-electron chi connectivity index (χ3n) is 5.53. The van der Waals surface area contributed by atoms with E-state index in [4.69, 9.17) is 21.1 Å². The van der Waals surface area contributed by atoms with Crippen LogP contribution < -0.4 is 14.4 Å². The number of anilines is 1. The zero-order valence-corrected chi connectivity index (χ0v) is 20.5. The first-order chi connectivity index (χ1) is 16.8. The van der Waals surface area contributed by atoms with Gasteiger partial charge in [-0.25, -0.2) is 0 Å². The molecule has 1 N–H and O–H groups in total. The number of hydrogen-bond acceptors (Lipinski definition) is 5. The Labute approximate surface area is 209 Å². The van der Waals surface area contributed by atoms with Crippen molar-refractivity contribution in [1.82, 2.24) is 0 Å². The van der Waals surface area contributed by atoms with Crippen molar-refractivity contribution in [2.45, 2.75) is 32.9 Å². The molecule has 0 spiro atoms. The maximum atomic E-state index is 13.3. The molecule has 0 aliphatic carbocycles. The van der Waals surface area contributed by atoms with Gasteiger partial charge in [-0.3, -0.25) is 14.5 Å². The number of rotatable bonds is 7. The predicted molar refractivity (Wildman–Crippen MR) is 136 cm³/mol. The zero-order valence-electron chi connectivity index (χ0n) is 19.7. The van der Waals surface area contributed by atoms with E-state index < -0.39 is 17.7 Å². The highest BCUT2D eigenvalue weighted by Gasteiger charge is 2.47. The van der Waals surface area contributed by atoms with Crippen molar-refractivity contribution in [2.24, 2.45) is 0 Å². The molecule has 0 saturated carbocycles. The lowest BCUT2D eigenvalue weighted by Gasteiger charge is -2.26. The number of carbonyl (C=O) groups is 2. The second-order valence-corrected chi connectivity index (χ2v) is 8.78. The summed E-state index contributed by atoms with van der Waals surface area (Å²) in [6.07, 6.45) is -0.00300. The van der Waals surface area contributed by atoms with Crippen LogP contribution in [0.1, 0.15) is 37.9 Å². The number of halogens is 1. The molecular formula is C28H26ClNO5. The first kappa shape index (κ1) is 24.4. The third kappa shape index (κ3) is 5.03. The van der Waals surface area contributed by atoms with Crippen LogP contribution in [0.25, 0.3) is 5.76 Å². The van der Waals surface area contributed by atoms with Gasteiger partial charge in [0.25, 0.3) is 11.7 Å². The van der Waals surface area contributed by atoms with Crippen molar-refractivity contribution in [2.75, 3.05) is 11.5 Å². The quantitative estimate of drug-likeness (QED) is 0.243. The monoisotopic (exact) mass is 491 g/mol. The van der Waals surface area contributed by atoms with Crippen molar-refractivity contribution < 1.29 is 24.2 Å². The highest BCUT2D eigenvalue weighted by atomic mass is 35.5. The molecule has 3 aromatic rings. The van der Waals surface area contributed by atoms with Crippen LogP contribution in [-0.2, 0) is 9.59 Å². The summed E-state index contributed by atoms with van der Waals surface area (Å²) in [4.78, 5) is 27.9. The van der Waals surface area contributed by atoms with Crippen LogP contribution in [0.2, 0.25) is 5.02 Å². The number of ether oxygens (including phenoxy) is 2. The van der Waals surface area contributed by atoms with E-state index in [1.165, 1.54) is 4.90 Å². The zero-order chi connectivity index (χ0) is 25.1. The minimum Gasteiger partial charge on any atom is -0.507 e. The third-order valence-corrected chi connectivity index (χ3v) is 5.79. The van der Waals surface area contributed by atoms with Gasteiger partial charge in [0, 0.05) is 16.3 Å². The molecule has 1 unspecified atom stereocenters. The average molecular weight is 492 g/mol. The van der Waals surface area contributed by atoms with E-state index in [0.29, 0.717) is 39.9 Å². The Balaban J connectivity index is 1.86. The highest BCUT2D eigenvalue weighted by Crippen LogP contribution is 2.43. The average Bonchev–Trinajstić information content (AvgIpc) is 3.10. The number of carbonyl (C=O) groups excluding carboxylic acids is 2. The lowest BCUT2D eigenvalue weighted by Crippen LogP contribution is -2.29. The van der Waals surface area contributed by atoms with Crippen LogP contribution in [0.3, 0.4) is 0 Å². The molecule has 180 valence electrons. The number of ketones is 1. The van der Waals surface area contributed by atoms with Crippen molar-refractivity contribution in [3.8, 4) is 11.5 Å². The Morgan fingerprint density at radius 2 is 1.69 bits per heavy atom. The van der Waals surface area contributed by atoms with E-state index in [1.54, 1.807) is 72.8 Å². The molecular weight excluding hydrogens is 466 g/mol. The highest BCUT2D eigenvalue weighted by molar-refractivity contribution is 6.51. The minimum absolute atomic E-state index is 0.00300. The van der Waals surface area contributed by atoms with E-state index in [1.807, 2.05) is 20.8 Å². The van der Waals surface area contributed by atoms with Gasteiger partial charge in [0.1, 0.15) is 17.3 Å². The maximum absolute atomic E-state index is 13.3. The normalized spacial score (nSPS) is 17.2. The summed E-state index contributed by atoms with van der Waals surface area (Å²) in [5.74, 6) is -0.532. The first-order valence-corrected chi connectivity index (χ1v) is 11.7. The molecule has 0 aromatic heterocycles. The second-order valence-electron chi connectivity index (χ2n) is 8.34. The van der Waals surface area contributed by atoms with Gasteiger partial charge in [-0.05, 0) is 87.0 Å². The summed E-state index contributed by atoms with van der Waals surface area (Å²) in [6.45, 7) is 6.18. The molecule has 1 saturated heterocycles. The van der Waals surface area contributed by atoms with Gasteiger partial charge in [-0.15, -0.1) is 0 Å². The van der Waals surface area contributed by atoms with Crippen LogP contribution in [0.4, 0.5) is 5.69 Å². The van der Waals surface area contributed by atoms with E-state index in [2.05, 4.69) is 0 Å². The Morgan fingerprint density at radius 1 is 1.00 bits per heavy atom. The van der Waals surface area contributed by atoms with Gasteiger partial charge in [-0.1, -0.05) is 23.7 Å². The largest absolute Gasteiger partial charge is 0.507 e. The molecule has 7 heteroatoms. The lowest BCUT2D eigenvalue weighted by molar-refractivity contribution is -0.132. The Hall–Kier alpha value is -3.77. The smallest absolute Gasteiger partial charge is 0.300 e. The number of nitrogens with zero attached hydrogens (tertiary/aromatic N) is 1. The molecule has 1 amide bonds. The van der Waals surface area contributed by atoms with Gasteiger partial charge in [0.2, 0.25) is 0 Å². The molecule has 3 aromatic carbocycles. The van der Waals surface area contributed by atoms with Crippen LogP contribution in [0.15, 0.2) is 78.4 Å². The fourth-order valence-electron chi connectivity index (χ4n) is 4.08. The standard InChI is InChI=1S/C28H26ClNO5/c1-4-34-23-7-5-6-19(16-23)25-24(26(31)18-8-14-22(15-9-18)35-17(2)3)27(32)28(33)30(25)21-12-10-20(29)11-13-21/h5-17,25,31H,4H2,1-3H3/b26-24-. The maximum Gasteiger partial charge on any atom is 0.300 e. The van der Waals surface area contributed by atoms with Gasteiger partial charge < -0.3 is 14.6 Å². The van der Waals surface area contributed by atoms with Gasteiger partial charge in [-0.2, -0.15) is 0 Å². The fraction of sp³-hybridized carbons (Fsp3) is 0.214. The summed E-state index contributed by atoms with van der Waals surface area (Å²) in [6, 6.07) is 19.7. The summed E-state index contributed by atoms with van der Waals surface area (Å²) in [7, 11) is 0. The number of aliphatic hydroxyl groups excluding tert-OH is 1.